The van der Waals surface area contributed by atoms with E-state index >= 15 is 0 Å². The lowest BCUT2D eigenvalue weighted by molar-refractivity contribution is -0.117. The Morgan fingerprint density at radius 2 is 1.80 bits per heavy atom. The van der Waals surface area contributed by atoms with Crippen LogP contribution >= 0.6 is 0 Å². The first-order valence-electron chi connectivity index (χ1n) is 12.5. The van der Waals surface area contributed by atoms with Gasteiger partial charge in [0.15, 0.2) is 0 Å². The molecular weight excluding hydrogens is 434 g/mol. The van der Waals surface area contributed by atoms with Gasteiger partial charge in [-0.2, -0.15) is 0 Å². The summed E-state index contributed by atoms with van der Waals surface area (Å²) in [5.74, 6) is 2.50. The molecular formula is C30H33N3O2. The molecule has 0 aliphatic carbocycles. The zero-order chi connectivity index (χ0) is 24.5. The van der Waals surface area contributed by atoms with E-state index < -0.39 is 0 Å². The fourth-order valence-corrected chi connectivity index (χ4v) is 5.10. The van der Waals surface area contributed by atoms with Crippen molar-refractivity contribution in [2.24, 2.45) is 0 Å². The van der Waals surface area contributed by atoms with Crippen molar-refractivity contribution in [2.45, 2.75) is 52.5 Å². The van der Waals surface area contributed by atoms with Gasteiger partial charge in [-0.25, -0.2) is 4.98 Å². The molecule has 0 bridgehead atoms. The number of aromatic nitrogens is 2. The second kappa shape index (κ2) is 9.57. The van der Waals surface area contributed by atoms with Crippen molar-refractivity contribution in [1.82, 2.24) is 9.55 Å². The van der Waals surface area contributed by atoms with Crippen LogP contribution in [0.15, 0.2) is 66.7 Å². The van der Waals surface area contributed by atoms with Gasteiger partial charge < -0.3 is 14.2 Å². The Morgan fingerprint density at radius 1 is 1.03 bits per heavy atom. The maximum Gasteiger partial charge on any atom is 0.227 e. The molecule has 5 heteroatoms. The fraction of sp³-hybridized carbons (Fsp3) is 0.333. The number of hydrogen-bond donors (Lipinski definition) is 0. The van der Waals surface area contributed by atoms with Crippen molar-refractivity contribution in [1.29, 1.82) is 0 Å². The minimum Gasteiger partial charge on any atom is -0.491 e. The maximum atomic E-state index is 13.1. The van der Waals surface area contributed by atoms with E-state index in [0.717, 1.165) is 39.4 Å². The molecule has 1 aromatic heterocycles. The average molecular weight is 468 g/mol. The van der Waals surface area contributed by atoms with Gasteiger partial charge in [0, 0.05) is 24.6 Å². The number of rotatable bonds is 7. The number of carbonyl (C=O) groups excluding carboxylic acids is 1. The van der Waals surface area contributed by atoms with E-state index in [0.29, 0.717) is 32.0 Å². The number of para-hydroxylation sites is 3. The Hall–Kier alpha value is -3.60. The Morgan fingerprint density at radius 3 is 2.63 bits per heavy atom. The fourth-order valence-electron chi connectivity index (χ4n) is 5.10. The zero-order valence-corrected chi connectivity index (χ0v) is 21.0. The van der Waals surface area contributed by atoms with E-state index in [4.69, 9.17) is 9.72 Å². The van der Waals surface area contributed by atoms with Gasteiger partial charge >= 0.3 is 0 Å². The summed E-state index contributed by atoms with van der Waals surface area (Å²) in [6.45, 7) is 10.4. The molecule has 180 valence electrons. The maximum absolute atomic E-state index is 13.1. The number of amides is 1. The molecule has 1 unspecified atom stereocenters. The molecule has 0 spiro atoms. The van der Waals surface area contributed by atoms with E-state index in [9.17, 15) is 4.79 Å². The number of anilines is 1. The molecule has 35 heavy (non-hydrogen) atoms. The van der Waals surface area contributed by atoms with E-state index in [2.05, 4.69) is 68.7 Å². The second-order valence-corrected chi connectivity index (χ2v) is 9.85. The quantitative estimate of drug-likeness (QED) is 0.317. The largest absolute Gasteiger partial charge is 0.491 e. The normalized spacial score (nSPS) is 16.0. The zero-order valence-electron chi connectivity index (χ0n) is 21.0. The van der Waals surface area contributed by atoms with Crippen LogP contribution in [0.5, 0.6) is 5.75 Å². The van der Waals surface area contributed by atoms with Gasteiger partial charge in [0.1, 0.15) is 18.2 Å². The first-order chi connectivity index (χ1) is 16.9. The predicted octanol–water partition coefficient (Wildman–Crippen LogP) is 6.38. The summed E-state index contributed by atoms with van der Waals surface area (Å²) in [5.41, 5.74) is 6.55. The van der Waals surface area contributed by atoms with E-state index in [1.54, 1.807) is 0 Å². The second-order valence-electron chi connectivity index (χ2n) is 9.85. The van der Waals surface area contributed by atoms with E-state index in [-0.39, 0.29) is 11.8 Å². The highest BCUT2D eigenvalue weighted by molar-refractivity contribution is 5.97. The summed E-state index contributed by atoms with van der Waals surface area (Å²) in [6.07, 6.45) is 0.466. The molecule has 1 aliphatic heterocycles. The van der Waals surface area contributed by atoms with Crippen LogP contribution in [0.3, 0.4) is 0 Å². The van der Waals surface area contributed by atoms with Crippen molar-refractivity contribution >= 4 is 22.6 Å². The lowest BCUT2D eigenvalue weighted by Gasteiger charge is -2.20. The number of aryl methyl sites for hydroxylation is 2. The minimum absolute atomic E-state index is 0.0396. The third kappa shape index (κ3) is 4.55. The molecule has 1 fully saturated rings. The van der Waals surface area contributed by atoms with Crippen molar-refractivity contribution in [3.63, 3.8) is 0 Å². The average Bonchev–Trinajstić information content (AvgIpc) is 3.41. The Labute approximate surface area is 207 Å². The van der Waals surface area contributed by atoms with Crippen molar-refractivity contribution in [3.8, 4) is 5.75 Å². The highest BCUT2D eigenvalue weighted by Crippen LogP contribution is 2.35. The Bertz CT molecular complexity index is 1370. The van der Waals surface area contributed by atoms with Gasteiger partial charge in [0.05, 0.1) is 17.6 Å². The summed E-state index contributed by atoms with van der Waals surface area (Å²) in [6, 6.07) is 22.7. The molecule has 5 rings (SSSR count). The number of imidazole rings is 1. The summed E-state index contributed by atoms with van der Waals surface area (Å²) in [5, 5.41) is 0. The van der Waals surface area contributed by atoms with Gasteiger partial charge in [-0.1, -0.05) is 56.3 Å². The SMILES string of the molecule is Cc1ccc(C)c(N2CC(c3nc4ccccc4n3CCOc3ccccc3C(C)C)CC2=O)c1. The van der Waals surface area contributed by atoms with Gasteiger partial charge in [0.2, 0.25) is 5.91 Å². The monoisotopic (exact) mass is 467 g/mol. The van der Waals surface area contributed by atoms with Crippen LogP contribution in [0.25, 0.3) is 11.0 Å². The summed E-state index contributed by atoms with van der Waals surface area (Å²) in [4.78, 5) is 20.0. The lowest BCUT2D eigenvalue weighted by Crippen LogP contribution is -2.25. The highest BCUT2D eigenvalue weighted by atomic mass is 16.5. The van der Waals surface area contributed by atoms with Crippen LogP contribution in [0.2, 0.25) is 0 Å². The Kier molecular flexibility index (Phi) is 6.33. The summed E-state index contributed by atoms with van der Waals surface area (Å²) < 4.78 is 8.50. The number of fused-ring (bicyclic) bond motifs is 1. The van der Waals surface area contributed by atoms with Crippen LogP contribution in [0, 0.1) is 13.8 Å². The topological polar surface area (TPSA) is 47.4 Å². The molecule has 0 N–H and O–H groups in total. The minimum atomic E-state index is 0.0396. The van der Waals surface area contributed by atoms with Crippen LogP contribution in [-0.4, -0.2) is 28.6 Å². The van der Waals surface area contributed by atoms with E-state index in [1.807, 2.05) is 35.2 Å². The lowest BCUT2D eigenvalue weighted by atomic mass is 10.0. The van der Waals surface area contributed by atoms with Crippen LogP contribution < -0.4 is 9.64 Å². The molecule has 1 atom stereocenters. The molecule has 2 heterocycles. The first kappa shape index (κ1) is 23.2. The number of nitrogens with zero attached hydrogens (tertiary/aromatic N) is 3. The van der Waals surface area contributed by atoms with Gasteiger partial charge in [0.25, 0.3) is 0 Å². The first-order valence-corrected chi connectivity index (χ1v) is 12.5. The molecule has 0 saturated carbocycles. The third-order valence-corrected chi connectivity index (χ3v) is 6.94. The number of benzene rings is 3. The number of hydrogen-bond acceptors (Lipinski definition) is 3. The molecule has 1 saturated heterocycles. The predicted molar refractivity (Wildman–Crippen MR) is 141 cm³/mol. The van der Waals surface area contributed by atoms with Gasteiger partial charge in [-0.15, -0.1) is 0 Å². The number of ether oxygens (including phenoxy) is 1. The van der Waals surface area contributed by atoms with Crippen LogP contribution in [0.4, 0.5) is 5.69 Å². The van der Waals surface area contributed by atoms with Gasteiger partial charge in [-0.3, -0.25) is 4.79 Å². The number of carbonyl (C=O) groups is 1. The molecule has 1 amide bonds. The molecule has 3 aromatic carbocycles. The van der Waals surface area contributed by atoms with Crippen molar-refractivity contribution in [2.75, 3.05) is 18.1 Å². The standard InChI is InChI=1S/C30H33N3O2/c1-20(2)24-9-5-8-12-28(24)35-16-15-32-26-11-7-6-10-25(26)31-30(32)23-18-29(34)33(19-23)27-17-21(3)13-14-22(27)4/h5-14,17,20,23H,15-16,18-19H2,1-4H3. The van der Waals surface area contributed by atoms with Gasteiger partial charge in [-0.05, 0) is 60.7 Å². The molecule has 0 radical (unpaired) electrons. The highest BCUT2D eigenvalue weighted by Gasteiger charge is 2.35. The third-order valence-electron chi connectivity index (χ3n) is 6.94. The molecule has 4 aromatic rings. The smallest absolute Gasteiger partial charge is 0.227 e. The van der Waals surface area contributed by atoms with Crippen LogP contribution in [-0.2, 0) is 11.3 Å². The van der Waals surface area contributed by atoms with Crippen molar-refractivity contribution < 1.29 is 9.53 Å². The molecule has 5 nitrogen and oxygen atoms in total. The summed E-state index contributed by atoms with van der Waals surface area (Å²) >= 11 is 0. The van der Waals surface area contributed by atoms with Crippen molar-refractivity contribution in [3.05, 3.63) is 89.2 Å². The molecule has 1 aliphatic rings. The Balaban J connectivity index is 1.42. The van der Waals surface area contributed by atoms with Crippen LogP contribution in [0.1, 0.15) is 54.6 Å². The van der Waals surface area contributed by atoms with E-state index in [1.165, 1.54) is 5.56 Å². The summed E-state index contributed by atoms with van der Waals surface area (Å²) in [7, 11) is 0.